The third-order valence-electron chi connectivity index (χ3n) is 14.9. The number of pyridine rings is 6. The number of hydrogen-bond acceptors (Lipinski definition) is 19. The molecule has 0 aliphatic heterocycles. The topological polar surface area (TPSA) is 378 Å². The van der Waals surface area contributed by atoms with Crippen molar-refractivity contribution in [3.8, 4) is 34.2 Å². The molecule has 532 valence electrons. The van der Waals surface area contributed by atoms with Crippen LogP contribution in [0.4, 0.5) is 0 Å². The Hall–Kier alpha value is -7.49. The van der Waals surface area contributed by atoms with Crippen LogP contribution in [0.5, 0.6) is 0 Å². The van der Waals surface area contributed by atoms with Gasteiger partial charge in [0.05, 0.1) is 78.6 Å². The number of amides is 5. The van der Waals surface area contributed by atoms with Crippen molar-refractivity contribution in [2.75, 3.05) is 71.0 Å². The number of unbranched alkanes of at least 4 members (excludes halogenated alkanes) is 4. The second kappa shape index (κ2) is 53.5. The Bertz CT molecular complexity index is 3040. The maximum atomic E-state index is 13.6. The van der Waals surface area contributed by atoms with E-state index in [0.29, 0.717) is 103 Å². The third kappa shape index (κ3) is 37.5. The number of aryl methyl sites for hydroxylation is 2. The largest absolute Gasteiger partial charge is 2.00 e. The van der Waals surface area contributed by atoms with Crippen molar-refractivity contribution in [1.29, 1.82) is 0 Å². The SMILES string of the molecule is CNC(CCCCN)C(=O)NC(CCCC[NH3+])C([O-])=NC(CCCC[NH3+])C(=O)NC(CCCCNC(=O)CCOCCNC(=O)CCSSCCNC(=O)CCCc1ccnc(-c2cc(C)ccn2)c1)C(C)=O.[Ru+2].c1ccc(-c2ccccn2)nc1.c1ccc(-c2ccccn2)nc1. The molecule has 0 aliphatic carbocycles. The van der Waals surface area contributed by atoms with Crippen molar-refractivity contribution in [3.05, 3.63) is 145 Å². The number of nitrogens with one attached hydrogen (secondary N) is 6. The van der Waals surface area contributed by atoms with Gasteiger partial charge in [0.25, 0.3) is 0 Å². The molecule has 27 heteroatoms. The predicted molar refractivity (Wildman–Crippen MR) is 383 cm³/mol. The summed E-state index contributed by atoms with van der Waals surface area (Å²) >= 11 is 0. The molecule has 0 spiro atoms. The molecule has 0 radical (unpaired) electrons. The number of aliphatic imine (C=N–C) groups is 1. The number of aromatic nitrogens is 6. The molecule has 6 rings (SSSR count). The molecular formula is C71H103N16O8RuS2+3. The number of ketones is 1. The maximum absolute atomic E-state index is 13.6. The van der Waals surface area contributed by atoms with Crippen LogP contribution in [0.3, 0.4) is 0 Å². The number of quaternary nitrogens is 2. The fourth-order valence-corrected chi connectivity index (χ4v) is 11.4. The molecule has 14 N–H and O–H groups in total. The zero-order valence-corrected chi connectivity index (χ0v) is 60.5. The molecule has 0 aliphatic rings. The van der Waals surface area contributed by atoms with Gasteiger partial charge in [0.1, 0.15) is 6.04 Å². The molecular weight excluding hydrogens is 1370 g/mol. The van der Waals surface area contributed by atoms with Crippen molar-refractivity contribution in [2.45, 2.75) is 147 Å². The van der Waals surface area contributed by atoms with Crippen molar-refractivity contribution >= 4 is 62.8 Å². The van der Waals surface area contributed by atoms with Crippen molar-refractivity contribution in [3.63, 3.8) is 0 Å². The minimum Gasteiger partial charge on any atom is -0.861 e. The summed E-state index contributed by atoms with van der Waals surface area (Å²) in [6.45, 7) is 7.00. The maximum Gasteiger partial charge on any atom is 2.00 e. The standard InChI is InChI=1S/C51H86N12O8S2.2C10H8N2.Ru/c1-37-19-27-56-44(35-37)45-36-39(20-28-57-45)13-12-18-46(65)60-30-34-73-72-33-22-48(67)59-29-32-71-31-21-47(66)58-26-11-7-14-40(38(2)64)61-50(69)42(16-5-9-24-53)63-51(70)43(17-6-10-25-54)62-49(68)41(55-3)15-4-8-23-52;2*1-3-7-11-9(5-1)10-6-2-4-8-12-10;/h19-20,27-28,35-36,40-43,55H,4-18,21-26,29-34,52-54H2,1-3H3,(H,58,66)(H,59,67)(H,60,65)(H,61,69)(H,62,68)(H,63,70);2*1-8H;/q;;;+2/p+1. The minimum atomic E-state index is -1.04. The Balaban J connectivity index is 0.000000816. The van der Waals surface area contributed by atoms with E-state index in [1.165, 1.54) is 6.92 Å². The van der Waals surface area contributed by atoms with Gasteiger partial charge in [-0.2, -0.15) is 0 Å². The number of Topliss-reactive ketones (excluding diaryl/α,β-unsaturated/α-hetero) is 1. The van der Waals surface area contributed by atoms with E-state index in [0.717, 1.165) is 89.6 Å². The summed E-state index contributed by atoms with van der Waals surface area (Å²) in [5, 5.41) is 30.9. The Morgan fingerprint density at radius 3 is 1.60 bits per heavy atom. The van der Waals surface area contributed by atoms with Crippen LogP contribution in [0.2, 0.25) is 0 Å². The number of rotatable bonds is 45. The fraction of sp³-hybridized carbons (Fsp3) is 0.479. The predicted octanol–water partition coefficient (Wildman–Crippen LogP) is 4.98. The number of hydrogen-bond donors (Lipinski definition) is 9. The van der Waals surface area contributed by atoms with Gasteiger partial charge in [-0.15, -0.1) is 0 Å². The normalized spacial score (nSPS) is 12.1. The number of nitrogens with two attached hydrogens (primary N) is 1. The van der Waals surface area contributed by atoms with Crippen LogP contribution in [-0.4, -0.2) is 166 Å². The van der Waals surface area contributed by atoms with E-state index in [1.54, 1.807) is 65.8 Å². The van der Waals surface area contributed by atoms with Crippen LogP contribution >= 0.6 is 21.6 Å². The van der Waals surface area contributed by atoms with E-state index in [-0.39, 0.29) is 74.9 Å². The molecule has 98 heavy (non-hydrogen) atoms. The first-order valence-corrected chi connectivity index (χ1v) is 36.2. The van der Waals surface area contributed by atoms with Gasteiger partial charge in [-0.3, -0.25) is 63.7 Å². The molecule has 24 nitrogen and oxygen atoms in total. The number of carbonyl (C=O) groups excluding carboxylic acids is 6. The molecule has 0 aromatic carbocycles. The van der Waals surface area contributed by atoms with Crippen molar-refractivity contribution < 1.29 is 69.6 Å². The quantitative estimate of drug-likeness (QED) is 0.00800. The van der Waals surface area contributed by atoms with Crippen LogP contribution in [0.25, 0.3) is 34.2 Å². The average molecular weight is 1470 g/mol. The average Bonchev–Trinajstić information content (AvgIpc) is 0.909. The van der Waals surface area contributed by atoms with Gasteiger partial charge in [0.15, 0.2) is 5.78 Å². The third-order valence-corrected chi connectivity index (χ3v) is 17.3. The van der Waals surface area contributed by atoms with E-state index < -0.39 is 36.0 Å². The zero-order valence-electron chi connectivity index (χ0n) is 57.2. The molecule has 0 fully saturated rings. The van der Waals surface area contributed by atoms with E-state index in [4.69, 9.17) is 10.5 Å². The second-order valence-electron chi connectivity index (χ2n) is 22.8. The molecule has 4 atom stereocenters. The van der Waals surface area contributed by atoms with Gasteiger partial charge in [-0.1, -0.05) is 52.3 Å². The van der Waals surface area contributed by atoms with Gasteiger partial charge in [-0.25, -0.2) is 0 Å². The number of likely N-dealkylation sites (N-methyl/N-ethyl adjacent to an activating group) is 1. The van der Waals surface area contributed by atoms with Gasteiger partial charge >= 0.3 is 19.5 Å². The number of nitrogens with zero attached hydrogens (tertiary/aromatic N) is 7. The molecule has 0 saturated carbocycles. The Labute approximate surface area is 599 Å². The second-order valence-corrected chi connectivity index (χ2v) is 25.5. The molecule has 0 bridgehead atoms. The zero-order chi connectivity index (χ0) is 69.9. The van der Waals surface area contributed by atoms with Crippen LogP contribution in [0, 0.1) is 6.92 Å². The first kappa shape index (κ1) is 84.7. The van der Waals surface area contributed by atoms with Gasteiger partial charge in [0.2, 0.25) is 29.5 Å². The Morgan fingerprint density at radius 1 is 0.531 bits per heavy atom. The van der Waals surface area contributed by atoms with Gasteiger partial charge < -0.3 is 58.9 Å². The minimum absolute atomic E-state index is 0. The van der Waals surface area contributed by atoms with Crippen LogP contribution in [-0.2, 0) is 59.4 Å². The van der Waals surface area contributed by atoms with Crippen LogP contribution in [0.15, 0.2) is 139 Å². The fourth-order valence-electron chi connectivity index (χ4n) is 9.55. The summed E-state index contributed by atoms with van der Waals surface area (Å²) in [4.78, 5) is 106. The molecule has 0 saturated heterocycles. The molecule has 6 aromatic heterocycles. The summed E-state index contributed by atoms with van der Waals surface area (Å²) in [7, 11) is 4.88. The van der Waals surface area contributed by atoms with E-state index in [1.807, 2.05) is 104 Å². The summed E-state index contributed by atoms with van der Waals surface area (Å²) in [6, 6.07) is 27.9. The Kier molecular flexibility index (Phi) is 46.2. The monoisotopic (exact) mass is 1470 g/mol. The van der Waals surface area contributed by atoms with Gasteiger partial charge in [-0.05, 0) is 201 Å². The Morgan fingerprint density at radius 2 is 1.03 bits per heavy atom. The summed E-state index contributed by atoms with van der Waals surface area (Å²) in [5.74, 6) is -0.543. The van der Waals surface area contributed by atoms with Crippen molar-refractivity contribution in [2.24, 2.45) is 10.7 Å². The number of ether oxygens (including phenoxy) is 1. The van der Waals surface area contributed by atoms with Gasteiger partial charge in [0, 0.05) is 87.6 Å². The van der Waals surface area contributed by atoms with Crippen LogP contribution < -0.4 is 54.2 Å². The molecule has 5 amide bonds. The summed E-state index contributed by atoms with van der Waals surface area (Å²) in [6.07, 6.45) is 20.0. The number of carbonyl (C=O) groups is 6. The van der Waals surface area contributed by atoms with Crippen molar-refractivity contribution in [1.82, 2.24) is 61.8 Å². The van der Waals surface area contributed by atoms with E-state index in [2.05, 4.69) is 78.3 Å². The molecule has 6 aromatic rings. The van der Waals surface area contributed by atoms with Crippen LogP contribution in [0.1, 0.15) is 121 Å². The molecule has 6 heterocycles. The first-order chi connectivity index (χ1) is 47.2. The summed E-state index contributed by atoms with van der Waals surface area (Å²) in [5.41, 5.74) is 20.9. The van der Waals surface area contributed by atoms with E-state index in [9.17, 15) is 33.9 Å². The molecule has 4 unspecified atom stereocenters. The summed E-state index contributed by atoms with van der Waals surface area (Å²) < 4.78 is 5.53. The smallest absolute Gasteiger partial charge is 0.861 e. The first-order valence-electron chi connectivity index (χ1n) is 33.7. The van der Waals surface area contributed by atoms with E-state index >= 15 is 0 Å².